The second-order valence-electron chi connectivity index (χ2n) is 8.86. The van der Waals surface area contributed by atoms with Crippen LogP contribution in [0, 0.1) is 5.92 Å². The lowest BCUT2D eigenvalue weighted by molar-refractivity contribution is -0.144. The highest BCUT2D eigenvalue weighted by molar-refractivity contribution is 5.95. The Labute approximate surface area is 195 Å². The highest BCUT2D eigenvalue weighted by Crippen LogP contribution is 2.24. The molecule has 2 aliphatic rings. The second-order valence-corrected chi connectivity index (χ2v) is 8.86. The first kappa shape index (κ1) is 24.9. The van der Waals surface area contributed by atoms with Crippen LogP contribution in [0.4, 0.5) is 0 Å². The minimum absolute atomic E-state index is 0.0788. The number of hydrogen-bond donors (Lipinski definition) is 1. The maximum absolute atomic E-state index is 13.2. The third-order valence-electron chi connectivity index (χ3n) is 5.75. The van der Waals surface area contributed by atoms with Crippen LogP contribution >= 0.6 is 0 Å². The van der Waals surface area contributed by atoms with Gasteiger partial charge < -0.3 is 19.7 Å². The molecule has 3 unspecified atom stereocenters. The van der Waals surface area contributed by atoms with Crippen LogP contribution in [0.2, 0.25) is 0 Å². The Kier molecular flexibility index (Phi) is 9.03. The smallest absolute Gasteiger partial charge is 0.338 e. The molecule has 2 fully saturated rings. The van der Waals surface area contributed by atoms with Gasteiger partial charge in [-0.15, -0.1) is 0 Å². The van der Waals surface area contributed by atoms with E-state index >= 15 is 0 Å². The van der Waals surface area contributed by atoms with E-state index in [2.05, 4.69) is 34.5 Å². The molecule has 2 saturated heterocycles. The topological polar surface area (TPSA) is 91.5 Å². The Morgan fingerprint density at radius 3 is 2.45 bits per heavy atom. The fourth-order valence-electron chi connectivity index (χ4n) is 3.94. The van der Waals surface area contributed by atoms with Crippen molar-refractivity contribution >= 4 is 23.9 Å². The number of benzene rings is 1. The lowest BCUT2D eigenvalue weighted by Gasteiger charge is -2.36. The van der Waals surface area contributed by atoms with Crippen molar-refractivity contribution in [2.24, 2.45) is 5.92 Å². The van der Waals surface area contributed by atoms with Crippen LogP contribution in [-0.4, -0.2) is 85.2 Å². The molecule has 8 heteroatoms. The summed E-state index contributed by atoms with van der Waals surface area (Å²) in [6.45, 7) is 9.59. The number of epoxide rings is 1. The van der Waals surface area contributed by atoms with Gasteiger partial charge in [-0.25, -0.2) is 4.79 Å². The third-order valence-corrected chi connectivity index (χ3v) is 5.75. The van der Waals surface area contributed by atoms with Crippen LogP contribution in [0.1, 0.15) is 32.8 Å². The first-order valence-electron chi connectivity index (χ1n) is 11.7. The van der Waals surface area contributed by atoms with Crippen LogP contribution in [0.5, 0.6) is 0 Å². The highest BCUT2D eigenvalue weighted by atomic mass is 16.6. The number of carbonyl (C=O) groups is 3. The van der Waals surface area contributed by atoms with Gasteiger partial charge in [0, 0.05) is 32.7 Å². The maximum Gasteiger partial charge on any atom is 0.338 e. The molecular weight excluding hydrogens is 422 g/mol. The number of nitrogens with zero attached hydrogens (tertiary/aromatic N) is 2. The Morgan fingerprint density at radius 2 is 1.82 bits per heavy atom. The number of hydrogen-bond acceptors (Lipinski definition) is 6. The van der Waals surface area contributed by atoms with Crippen molar-refractivity contribution in [3.05, 3.63) is 42.0 Å². The number of nitrogens with one attached hydrogen (secondary N) is 1. The molecule has 2 amide bonds. The largest absolute Gasteiger partial charge is 0.464 e. The molecule has 0 aliphatic carbocycles. The Balaban J connectivity index is 1.48. The zero-order valence-electron chi connectivity index (χ0n) is 19.7. The molecule has 8 nitrogen and oxygen atoms in total. The van der Waals surface area contributed by atoms with Gasteiger partial charge in [-0.3, -0.25) is 14.5 Å². The van der Waals surface area contributed by atoms with Gasteiger partial charge in [0.15, 0.2) is 12.2 Å². The van der Waals surface area contributed by atoms with Crippen molar-refractivity contribution in [2.75, 3.05) is 39.3 Å². The van der Waals surface area contributed by atoms with E-state index < -0.39 is 30.1 Å². The minimum Gasteiger partial charge on any atom is -0.464 e. The zero-order chi connectivity index (χ0) is 23.8. The van der Waals surface area contributed by atoms with Crippen LogP contribution in [0.25, 0.3) is 6.08 Å². The number of piperazine rings is 1. The summed E-state index contributed by atoms with van der Waals surface area (Å²) < 4.78 is 10.1. The average Bonchev–Trinajstić information content (AvgIpc) is 3.61. The van der Waals surface area contributed by atoms with E-state index in [1.807, 2.05) is 36.9 Å². The fourth-order valence-corrected chi connectivity index (χ4v) is 3.94. The van der Waals surface area contributed by atoms with Crippen molar-refractivity contribution in [3.8, 4) is 0 Å². The third kappa shape index (κ3) is 7.40. The molecule has 0 aromatic heterocycles. The summed E-state index contributed by atoms with van der Waals surface area (Å²) >= 11 is 0. The van der Waals surface area contributed by atoms with Gasteiger partial charge in [0.25, 0.3) is 5.91 Å². The van der Waals surface area contributed by atoms with Gasteiger partial charge in [0.2, 0.25) is 5.91 Å². The molecule has 2 aliphatic heterocycles. The van der Waals surface area contributed by atoms with E-state index in [-0.39, 0.29) is 18.4 Å². The number of esters is 1. The molecule has 0 radical (unpaired) electrons. The molecule has 1 aromatic rings. The molecule has 33 heavy (non-hydrogen) atoms. The molecule has 3 rings (SSSR count). The summed E-state index contributed by atoms with van der Waals surface area (Å²) in [4.78, 5) is 41.6. The number of rotatable bonds is 10. The molecule has 3 atom stereocenters. The summed E-state index contributed by atoms with van der Waals surface area (Å²) in [6.07, 6.45) is 3.04. The fraction of sp³-hybridized carbons (Fsp3) is 0.560. The SMILES string of the molecule is CCOC(=O)C1OC1C(=O)NC(CC(C)C)C(=O)N1CCN(C/C=C/c2ccccc2)CC1. The standard InChI is InChI=1S/C25H35N3O5/c1-4-32-25(31)22-21(33-22)23(29)26-20(17-18(2)3)24(30)28-15-13-27(14-16-28)12-8-11-19-9-6-5-7-10-19/h5-11,18,20-22H,4,12-17H2,1-3H3,(H,26,29)/b11-8+. The van der Waals surface area contributed by atoms with E-state index in [9.17, 15) is 14.4 Å². The van der Waals surface area contributed by atoms with Crippen molar-refractivity contribution in [2.45, 2.75) is 45.4 Å². The summed E-state index contributed by atoms with van der Waals surface area (Å²) in [6, 6.07) is 9.54. The molecular formula is C25H35N3O5. The first-order valence-corrected chi connectivity index (χ1v) is 11.7. The van der Waals surface area contributed by atoms with Gasteiger partial charge in [-0.1, -0.05) is 56.3 Å². The Bertz CT molecular complexity index is 834. The van der Waals surface area contributed by atoms with Crippen molar-refractivity contribution in [3.63, 3.8) is 0 Å². The lowest BCUT2D eigenvalue weighted by Crippen LogP contribution is -2.55. The number of ether oxygens (including phenoxy) is 2. The van der Waals surface area contributed by atoms with E-state index in [1.54, 1.807) is 6.92 Å². The van der Waals surface area contributed by atoms with Crippen molar-refractivity contribution in [1.82, 2.24) is 15.1 Å². The van der Waals surface area contributed by atoms with Gasteiger partial charge in [-0.2, -0.15) is 0 Å². The van der Waals surface area contributed by atoms with Crippen LogP contribution in [0.15, 0.2) is 36.4 Å². The Hall–Kier alpha value is -2.71. The molecule has 0 spiro atoms. The molecule has 0 bridgehead atoms. The first-order chi connectivity index (χ1) is 15.9. The van der Waals surface area contributed by atoms with Crippen LogP contribution in [-0.2, 0) is 23.9 Å². The van der Waals surface area contributed by atoms with Crippen LogP contribution in [0.3, 0.4) is 0 Å². The van der Waals surface area contributed by atoms with Gasteiger partial charge in [0.1, 0.15) is 6.04 Å². The molecule has 2 heterocycles. The predicted molar refractivity (Wildman–Crippen MR) is 125 cm³/mol. The maximum atomic E-state index is 13.2. The second kappa shape index (κ2) is 12.0. The normalized spacial score (nSPS) is 21.8. The summed E-state index contributed by atoms with van der Waals surface area (Å²) in [5, 5.41) is 2.81. The van der Waals surface area contributed by atoms with Crippen molar-refractivity contribution in [1.29, 1.82) is 0 Å². The number of amides is 2. The average molecular weight is 458 g/mol. The monoisotopic (exact) mass is 457 g/mol. The summed E-state index contributed by atoms with van der Waals surface area (Å²) in [5.41, 5.74) is 1.17. The van der Waals surface area contributed by atoms with E-state index in [0.29, 0.717) is 19.5 Å². The quantitative estimate of drug-likeness (QED) is 0.425. The predicted octanol–water partition coefficient (Wildman–Crippen LogP) is 1.71. The molecule has 1 aromatic carbocycles. The van der Waals surface area contributed by atoms with Gasteiger partial charge in [-0.05, 0) is 24.8 Å². The van der Waals surface area contributed by atoms with E-state index in [0.717, 1.165) is 19.6 Å². The van der Waals surface area contributed by atoms with Gasteiger partial charge in [0.05, 0.1) is 6.61 Å². The number of carbonyl (C=O) groups excluding carboxylic acids is 3. The molecule has 1 N–H and O–H groups in total. The van der Waals surface area contributed by atoms with Crippen LogP contribution < -0.4 is 5.32 Å². The zero-order valence-corrected chi connectivity index (χ0v) is 19.7. The minimum atomic E-state index is -0.875. The van der Waals surface area contributed by atoms with E-state index in [4.69, 9.17) is 9.47 Å². The van der Waals surface area contributed by atoms with Gasteiger partial charge >= 0.3 is 5.97 Å². The molecule has 0 saturated carbocycles. The highest BCUT2D eigenvalue weighted by Gasteiger charge is 2.52. The summed E-state index contributed by atoms with van der Waals surface area (Å²) in [7, 11) is 0. The Morgan fingerprint density at radius 1 is 1.12 bits per heavy atom. The lowest BCUT2D eigenvalue weighted by atomic mass is 10.0. The van der Waals surface area contributed by atoms with Crippen molar-refractivity contribution < 1.29 is 23.9 Å². The summed E-state index contributed by atoms with van der Waals surface area (Å²) in [5.74, 6) is -0.826. The van der Waals surface area contributed by atoms with E-state index in [1.165, 1.54) is 5.56 Å². The molecule has 180 valence electrons.